The fourth-order valence-corrected chi connectivity index (χ4v) is 5.94. The molecule has 1 aliphatic rings. The van der Waals surface area contributed by atoms with Crippen molar-refractivity contribution in [3.05, 3.63) is 91.1 Å². The van der Waals surface area contributed by atoms with Gasteiger partial charge in [-0.3, -0.25) is 0 Å². The highest BCUT2D eigenvalue weighted by Gasteiger charge is 2.31. The second-order valence-electron chi connectivity index (χ2n) is 13.4. The highest BCUT2D eigenvalue weighted by molar-refractivity contribution is 5.82. The van der Waals surface area contributed by atoms with Crippen LogP contribution in [0.5, 0.6) is 5.75 Å². The third-order valence-electron chi connectivity index (χ3n) is 9.17. The lowest BCUT2D eigenvalue weighted by Gasteiger charge is -2.31. The van der Waals surface area contributed by atoms with E-state index < -0.39 is 36.5 Å². The van der Waals surface area contributed by atoms with Crippen molar-refractivity contribution >= 4 is 5.97 Å². The van der Waals surface area contributed by atoms with Gasteiger partial charge in [-0.25, -0.2) is 4.79 Å². The molecule has 0 aliphatic carbocycles. The van der Waals surface area contributed by atoms with Gasteiger partial charge in [-0.1, -0.05) is 109 Å². The van der Waals surface area contributed by atoms with Gasteiger partial charge in [0.1, 0.15) is 11.9 Å². The second-order valence-corrected chi connectivity index (χ2v) is 13.4. The summed E-state index contributed by atoms with van der Waals surface area (Å²) in [6.07, 6.45) is 15.4. The molecule has 0 bridgehead atoms. The molecule has 0 fully saturated rings. The van der Waals surface area contributed by atoms with Crippen molar-refractivity contribution in [2.45, 2.75) is 104 Å². The molecular weight excluding hydrogens is 580 g/mol. The van der Waals surface area contributed by atoms with Crippen LogP contribution in [0.25, 0.3) is 0 Å². The molecule has 1 aromatic rings. The van der Waals surface area contributed by atoms with Crippen molar-refractivity contribution in [1.29, 1.82) is 0 Å². The lowest BCUT2D eigenvalue weighted by atomic mass is 9.82. The summed E-state index contributed by atoms with van der Waals surface area (Å²) in [4.78, 5) is 12.8. The maximum absolute atomic E-state index is 12.8. The molecular formula is C39H58O7. The number of hydrogen-bond donors (Lipinski definition) is 4. The highest BCUT2D eigenvalue weighted by atomic mass is 16.5. The van der Waals surface area contributed by atoms with Crippen LogP contribution in [0.2, 0.25) is 0 Å². The Morgan fingerprint density at radius 2 is 1.63 bits per heavy atom. The van der Waals surface area contributed by atoms with Crippen LogP contribution in [-0.2, 0) is 20.9 Å². The van der Waals surface area contributed by atoms with Gasteiger partial charge >= 0.3 is 5.97 Å². The van der Waals surface area contributed by atoms with Gasteiger partial charge in [-0.2, -0.15) is 0 Å². The summed E-state index contributed by atoms with van der Waals surface area (Å²) in [6, 6.07) is 6.81. The van der Waals surface area contributed by atoms with Crippen LogP contribution in [0.15, 0.2) is 85.5 Å². The Kier molecular flexibility index (Phi) is 17.3. The molecule has 4 N–H and O–H groups in total. The lowest BCUT2D eigenvalue weighted by Crippen LogP contribution is -2.37. The molecule has 256 valence electrons. The smallest absolute Gasteiger partial charge is 0.331 e. The van der Waals surface area contributed by atoms with Gasteiger partial charge in [0.2, 0.25) is 0 Å². The first-order chi connectivity index (χ1) is 21.8. The number of benzene rings is 1. The van der Waals surface area contributed by atoms with Crippen molar-refractivity contribution in [3.8, 4) is 5.75 Å². The fourth-order valence-electron chi connectivity index (χ4n) is 5.94. The lowest BCUT2D eigenvalue weighted by molar-refractivity contribution is -0.150. The SMILES string of the molecule is C=C/C=C\[C@H](C)[C@@H]1OC(=O)/C=C\C=C\[C@@H](C)[C@@H](O)C[C@H](OCc2ccc(O)cc2)/C=C\[C@H](C)[C@H](O)[C@@H](C)C[C@@H](C)CC[C@@H](O)[C@@H]1C. The van der Waals surface area contributed by atoms with Gasteiger partial charge in [0.15, 0.2) is 0 Å². The summed E-state index contributed by atoms with van der Waals surface area (Å²) in [7, 11) is 0. The number of carbonyl (C=O) groups is 1. The molecule has 0 radical (unpaired) electrons. The Morgan fingerprint density at radius 3 is 2.30 bits per heavy atom. The fraction of sp³-hybridized carbons (Fsp3) is 0.564. The van der Waals surface area contributed by atoms with Gasteiger partial charge in [-0.15, -0.1) is 0 Å². The predicted octanol–water partition coefficient (Wildman–Crippen LogP) is 7.07. The van der Waals surface area contributed by atoms with E-state index in [-0.39, 0.29) is 41.3 Å². The van der Waals surface area contributed by atoms with Crippen LogP contribution in [-0.4, -0.2) is 56.9 Å². The van der Waals surface area contributed by atoms with Crippen LogP contribution in [0.3, 0.4) is 0 Å². The van der Waals surface area contributed by atoms with Crippen LogP contribution >= 0.6 is 0 Å². The number of aliphatic hydroxyl groups excluding tert-OH is 3. The van der Waals surface area contributed by atoms with E-state index >= 15 is 0 Å². The zero-order valence-corrected chi connectivity index (χ0v) is 28.6. The van der Waals surface area contributed by atoms with E-state index in [4.69, 9.17) is 9.47 Å². The average Bonchev–Trinajstić information content (AvgIpc) is 3.03. The summed E-state index contributed by atoms with van der Waals surface area (Å²) in [5.74, 6) is -0.818. The quantitative estimate of drug-likeness (QED) is 0.150. The first-order valence-corrected chi connectivity index (χ1v) is 16.8. The monoisotopic (exact) mass is 638 g/mol. The number of esters is 1. The minimum absolute atomic E-state index is 0.0266. The minimum atomic E-state index is -0.729. The highest BCUT2D eigenvalue weighted by Crippen LogP contribution is 2.29. The molecule has 46 heavy (non-hydrogen) atoms. The van der Waals surface area contributed by atoms with Crippen LogP contribution in [0.1, 0.15) is 72.8 Å². The maximum Gasteiger partial charge on any atom is 0.331 e. The first-order valence-electron chi connectivity index (χ1n) is 16.8. The molecule has 1 aliphatic heterocycles. The number of carbonyl (C=O) groups excluding carboxylic acids is 1. The van der Waals surface area contributed by atoms with Gasteiger partial charge in [0.25, 0.3) is 0 Å². The summed E-state index contributed by atoms with van der Waals surface area (Å²) in [5, 5.41) is 43.0. The molecule has 0 saturated heterocycles. The van der Waals surface area contributed by atoms with Crippen molar-refractivity contribution in [2.75, 3.05) is 0 Å². The van der Waals surface area contributed by atoms with Gasteiger partial charge in [0.05, 0.1) is 31.0 Å². The van der Waals surface area contributed by atoms with Gasteiger partial charge in [-0.05, 0) is 48.8 Å². The molecule has 0 saturated carbocycles. The third-order valence-corrected chi connectivity index (χ3v) is 9.17. The number of aliphatic hydroxyl groups is 3. The molecule has 0 spiro atoms. The normalized spacial score (nSPS) is 35.6. The molecule has 0 aromatic heterocycles. The van der Waals surface area contributed by atoms with Crippen LogP contribution in [0.4, 0.5) is 0 Å². The number of allylic oxidation sites excluding steroid dienone is 4. The van der Waals surface area contributed by atoms with Gasteiger partial charge < -0.3 is 29.9 Å². The van der Waals surface area contributed by atoms with E-state index in [9.17, 15) is 25.2 Å². The zero-order valence-electron chi connectivity index (χ0n) is 28.6. The summed E-state index contributed by atoms with van der Waals surface area (Å²) in [5.41, 5.74) is 0.896. The standard InChI is InChI=1S/C39H58O7/c1-8-9-12-29(5)39-31(7)35(41)22-15-26(2)23-30(6)38(44)28(4)16-21-34(45-25-32-17-19-33(40)20-18-32)24-36(42)27(3)13-10-11-14-37(43)46-39/h8-14,16-21,26-31,34-36,38-42,44H,1,15,22-25H2,2-7H3/b12-9-,13-10+,14-11-,21-16-/t26-,27+,28-,29-,30-,31-,34+,35+,36-,38-,39-/m0/s1. The van der Waals surface area contributed by atoms with Crippen molar-refractivity contribution < 1.29 is 34.7 Å². The predicted molar refractivity (Wildman–Crippen MR) is 185 cm³/mol. The number of aromatic hydroxyl groups is 1. The average molecular weight is 639 g/mol. The number of phenolic OH excluding ortho intramolecular Hbond substituents is 1. The Bertz CT molecular complexity index is 1150. The second kappa shape index (κ2) is 20.3. The molecule has 7 heteroatoms. The van der Waals surface area contributed by atoms with E-state index in [1.54, 1.807) is 42.5 Å². The number of hydrogen-bond acceptors (Lipinski definition) is 7. The van der Waals surface area contributed by atoms with Crippen LogP contribution in [0, 0.1) is 35.5 Å². The molecule has 2 rings (SSSR count). The van der Waals surface area contributed by atoms with E-state index in [0.717, 1.165) is 18.4 Å². The molecule has 1 heterocycles. The Hall–Kier alpha value is -2.97. The third kappa shape index (κ3) is 13.8. The van der Waals surface area contributed by atoms with E-state index in [1.165, 1.54) is 6.08 Å². The van der Waals surface area contributed by atoms with Crippen LogP contribution < -0.4 is 0 Å². The zero-order chi connectivity index (χ0) is 34.2. The maximum atomic E-state index is 12.8. The number of cyclic esters (lactones) is 1. The molecule has 0 amide bonds. The van der Waals surface area contributed by atoms with E-state index in [2.05, 4.69) is 20.4 Å². The molecule has 7 nitrogen and oxygen atoms in total. The van der Waals surface area contributed by atoms with E-state index in [1.807, 2.05) is 58.1 Å². The van der Waals surface area contributed by atoms with Crippen molar-refractivity contribution in [3.63, 3.8) is 0 Å². The first kappa shape index (κ1) is 39.2. The minimum Gasteiger partial charge on any atom is -0.508 e. The summed E-state index contributed by atoms with van der Waals surface area (Å²) in [6.45, 7) is 16.0. The Balaban J connectivity index is 2.31. The number of ether oxygens (including phenoxy) is 2. The number of phenols is 1. The summed E-state index contributed by atoms with van der Waals surface area (Å²) >= 11 is 0. The van der Waals surface area contributed by atoms with Crippen molar-refractivity contribution in [2.24, 2.45) is 35.5 Å². The van der Waals surface area contributed by atoms with Gasteiger partial charge in [0, 0.05) is 36.2 Å². The molecule has 1 aromatic carbocycles. The summed E-state index contributed by atoms with van der Waals surface area (Å²) < 4.78 is 12.1. The largest absolute Gasteiger partial charge is 0.508 e. The Morgan fingerprint density at radius 1 is 0.935 bits per heavy atom. The van der Waals surface area contributed by atoms with E-state index in [0.29, 0.717) is 19.4 Å². The molecule has 11 atom stereocenters. The Labute approximate surface area is 277 Å². The van der Waals surface area contributed by atoms with Crippen molar-refractivity contribution in [1.82, 2.24) is 0 Å². The molecule has 0 unspecified atom stereocenters. The topological polar surface area (TPSA) is 116 Å². The number of rotatable bonds is 6.